The Morgan fingerprint density at radius 3 is 2.53 bits per heavy atom. The van der Waals surface area contributed by atoms with E-state index in [1.165, 1.54) is 0 Å². The number of nitrogens with zero attached hydrogens (tertiary/aromatic N) is 3. The third-order valence-corrected chi connectivity index (χ3v) is 2.12. The standard InChI is InChI=1S/C12H11N3/c1-3-15-12(13-2)9-11(14-15)10-7-5-4-6-8-10/h3-9H,1-2H2. The number of hydrogen-bond donors (Lipinski definition) is 0. The highest BCUT2D eigenvalue weighted by molar-refractivity contribution is 5.63. The minimum absolute atomic E-state index is 0.698. The highest BCUT2D eigenvalue weighted by atomic mass is 15.3. The Hall–Kier alpha value is -2.16. The third-order valence-electron chi connectivity index (χ3n) is 2.12. The van der Waals surface area contributed by atoms with Gasteiger partial charge in [0.2, 0.25) is 0 Å². The van der Waals surface area contributed by atoms with Crippen molar-refractivity contribution < 1.29 is 0 Å². The molecule has 0 fully saturated rings. The second-order valence-corrected chi connectivity index (χ2v) is 3.04. The molecule has 0 amide bonds. The van der Waals surface area contributed by atoms with Gasteiger partial charge in [0.25, 0.3) is 0 Å². The lowest BCUT2D eigenvalue weighted by Gasteiger charge is -1.93. The zero-order valence-electron chi connectivity index (χ0n) is 8.30. The first kappa shape index (κ1) is 9.40. The van der Waals surface area contributed by atoms with Crippen LogP contribution < -0.4 is 0 Å². The molecule has 0 saturated heterocycles. The molecule has 1 aromatic carbocycles. The van der Waals surface area contributed by atoms with Gasteiger partial charge in [-0.1, -0.05) is 36.9 Å². The summed E-state index contributed by atoms with van der Waals surface area (Å²) in [5.41, 5.74) is 1.93. The topological polar surface area (TPSA) is 30.2 Å². The van der Waals surface area contributed by atoms with Gasteiger partial charge < -0.3 is 0 Å². The Morgan fingerprint density at radius 2 is 2.00 bits per heavy atom. The summed E-state index contributed by atoms with van der Waals surface area (Å²) in [6, 6.07) is 11.8. The average Bonchev–Trinajstić information content (AvgIpc) is 2.73. The van der Waals surface area contributed by atoms with Crippen LogP contribution in [0.4, 0.5) is 5.82 Å². The van der Waals surface area contributed by atoms with E-state index in [-0.39, 0.29) is 0 Å². The minimum Gasteiger partial charge on any atom is -0.245 e. The van der Waals surface area contributed by atoms with Crippen LogP contribution >= 0.6 is 0 Å². The summed E-state index contributed by atoms with van der Waals surface area (Å²) in [5, 5.41) is 4.33. The number of aliphatic imine (C=N–C) groups is 1. The van der Waals surface area contributed by atoms with Crippen LogP contribution in [0.5, 0.6) is 0 Å². The van der Waals surface area contributed by atoms with Crippen LogP contribution in [-0.2, 0) is 0 Å². The molecule has 15 heavy (non-hydrogen) atoms. The van der Waals surface area contributed by atoms with Gasteiger partial charge in [0, 0.05) is 17.8 Å². The van der Waals surface area contributed by atoms with Gasteiger partial charge in [0.05, 0.1) is 5.69 Å². The van der Waals surface area contributed by atoms with Gasteiger partial charge >= 0.3 is 0 Å². The molecule has 1 heterocycles. The fraction of sp³-hybridized carbons (Fsp3) is 0. The van der Waals surface area contributed by atoms with Crippen LogP contribution in [0.3, 0.4) is 0 Å². The molecule has 0 saturated carbocycles. The lowest BCUT2D eigenvalue weighted by molar-refractivity contribution is 0.940. The Morgan fingerprint density at radius 1 is 1.27 bits per heavy atom. The van der Waals surface area contributed by atoms with Crippen molar-refractivity contribution in [1.29, 1.82) is 0 Å². The van der Waals surface area contributed by atoms with E-state index in [9.17, 15) is 0 Å². The molecular weight excluding hydrogens is 186 g/mol. The first-order valence-electron chi connectivity index (χ1n) is 4.59. The molecule has 1 aromatic heterocycles. The molecule has 2 aromatic rings. The van der Waals surface area contributed by atoms with Crippen molar-refractivity contribution in [1.82, 2.24) is 9.78 Å². The van der Waals surface area contributed by atoms with Crippen LogP contribution in [0.2, 0.25) is 0 Å². The lowest BCUT2D eigenvalue weighted by atomic mass is 10.2. The highest BCUT2D eigenvalue weighted by Crippen LogP contribution is 2.22. The van der Waals surface area contributed by atoms with E-state index < -0.39 is 0 Å². The summed E-state index contributed by atoms with van der Waals surface area (Å²) in [7, 11) is 0. The quantitative estimate of drug-likeness (QED) is 0.696. The van der Waals surface area contributed by atoms with Crippen molar-refractivity contribution in [2.45, 2.75) is 0 Å². The summed E-state index contributed by atoms with van der Waals surface area (Å²) in [6.45, 7) is 7.15. The summed E-state index contributed by atoms with van der Waals surface area (Å²) < 4.78 is 1.61. The molecule has 0 atom stereocenters. The van der Waals surface area contributed by atoms with E-state index >= 15 is 0 Å². The Bertz CT molecular complexity index is 457. The van der Waals surface area contributed by atoms with E-state index in [0.29, 0.717) is 5.82 Å². The van der Waals surface area contributed by atoms with Crippen LogP contribution in [0, 0.1) is 0 Å². The first-order valence-corrected chi connectivity index (χ1v) is 4.59. The molecule has 0 bridgehead atoms. The Kier molecular flexibility index (Phi) is 2.46. The van der Waals surface area contributed by atoms with E-state index in [1.54, 1.807) is 10.9 Å². The molecule has 3 heteroatoms. The zero-order valence-corrected chi connectivity index (χ0v) is 8.30. The molecular formula is C12H11N3. The van der Waals surface area contributed by atoms with E-state index in [2.05, 4.69) is 23.4 Å². The predicted molar refractivity (Wildman–Crippen MR) is 63.3 cm³/mol. The van der Waals surface area contributed by atoms with Gasteiger partial charge in [-0.3, -0.25) is 0 Å². The van der Waals surface area contributed by atoms with Crippen molar-refractivity contribution in [3.8, 4) is 11.3 Å². The fourth-order valence-corrected chi connectivity index (χ4v) is 1.39. The van der Waals surface area contributed by atoms with Gasteiger partial charge in [0.15, 0.2) is 5.82 Å². The monoisotopic (exact) mass is 197 g/mol. The molecule has 0 aliphatic rings. The molecule has 0 radical (unpaired) electrons. The molecule has 2 rings (SSSR count). The van der Waals surface area contributed by atoms with Crippen molar-refractivity contribution in [2.24, 2.45) is 4.99 Å². The normalized spacial score (nSPS) is 9.87. The molecule has 0 aliphatic heterocycles. The smallest absolute Gasteiger partial charge is 0.154 e. The summed E-state index contributed by atoms with van der Waals surface area (Å²) in [6.07, 6.45) is 1.61. The van der Waals surface area contributed by atoms with E-state index in [4.69, 9.17) is 0 Å². The second-order valence-electron chi connectivity index (χ2n) is 3.04. The summed E-state index contributed by atoms with van der Waals surface area (Å²) >= 11 is 0. The molecule has 0 aliphatic carbocycles. The third kappa shape index (κ3) is 1.72. The first-order chi connectivity index (χ1) is 7.35. The van der Waals surface area contributed by atoms with Crippen LogP contribution in [0.25, 0.3) is 17.5 Å². The molecule has 0 N–H and O–H groups in total. The van der Waals surface area contributed by atoms with Gasteiger partial charge in [-0.25, -0.2) is 9.67 Å². The number of rotatable bonds is 3. The summed E-state index contributed by atoms with van der Waals surface area (Å²) in [4.78, 5) is 3.87. The number of aromatic nitrogens is 2. The van der Waals surface area contributed by atoms with E-state index in [1.807, 2.05) is 36.4 Å². The number of hydrogen-bond acceptors (Lipinski definition) is 2. The largest absolute Gasteiger partial charge is 0.245 e. The molecule has 0 spiro atoms. The predicted octanol–water partition coefficient (Wildman–Crippen LogP) is 2.98. The zero-order chi connectivity index (χ0) is 10.7. The van der Waals surface area contributed by atoms with Gasteiger partial charge in [0.1, 0.15) is 0 Å². The van der Waals surface area contributed by atoms with Crippen LogP contribution in [0.1, 0.15) is 0 Å². The number of benzene rings is 1. The fourth-order valence-electron chi connectivity index (χ4n) is 1.39. The molecule has 0 unspecified atom stereocenters. The van der Waals surface area contributed by atoms with Crippen LogP contribution in [-0.4, -0.2) is 16.5 Å². The summed E-state index contributed by atoms with van der Waals surface area (Å²) in [5.74, 6) is 0.698. The van der Waals surface area contributed by atoms with Crippen molar-refractivity contribution in [2.75, 3.05) is 0 Å². The maximum atomic E-state index is 4.33. The minimum atomic E-state index is 0.698. The Balaban J connectivity index is 2.51. The van der Waals surface area contributed by atoms with E-state index in [0.717, 1.165) is 11.3 Å². The molecule has 74 valence electrons. The van der Waals surface area contributed by atoms with Crippen molar-refractivity contribution >= 4 is 18.7 Å². The average molecular weight is 197 g/mol. The van der Waals surface area contributed by atoms with Crippen LogP contribution in [0.15, 0.2) is 48.0 Å². The van der Waals surface area contributed by atoms with Crippen molar-refractivity contribution in [3.63, 3.8) is 0 Å². The van der Waals surface area contributed by atoms with Crippen molar-refractivity contribution in [3.05, 3.63) is 43.0 Å². The SMILES string of the molecule is C=Cn1nc(-c2ccccc2)cc1N=C. The highest BCUT2D eigenvalue weighted by Gasteiger charge is 2.05. The Labute approximate surface area is 88.4 Å². The second kappa shape index (κ2) is 3.92. The maximum Gasteiger partial charge on any atom is 0.154 e. The van der Waals surface area contributed by atoms with Gasteiger partial charge in [-0.15, -0.1) is 0 Å². The van der Waals surface area contributed by atoms with Gasteiger partial charge in [-0.05, 0) is 6.72 Å². The van der Waals surface area contributed by atoms with Gasteiger partial charge in [-0.2, -0.15) is 5.10 Å². The maximum absolute atomic E-state index is 4.33. The molecule has 3 nitrogen and oxygen atoms in total. The lowest BCUT2D eigenvalue weighted by Crippen LogP contribution is -1.87.